The van der Waals surface area contributed by atoms with Crippen LogP contribution in [0.3, 0.4) is 0 Å². The number of hydrogen-bond acceptors (Lipinski definition) is 4. The van der Waals surface area contributed by atoms with Gasteiger partial charge in [0.25, 0.3) is 11.8 Å². The molecular weight excluding hydrogens is 399 g/mol. The number of anilines is 2. The monoisotopic (exact) mass is 418 g/mol. The zero-order chi connectivity index (χ0) is 20.3. The van der Waals surface area contributed by atoms with Crippen LogP contribution in [0, 0.1) is 0 Å². The average Bonchev–Trinajstić information content (AvgIpc) is 2.90. The minimum Gasteiger partial charge on any atom is -0.495 e. The molecule has 28 heavy (non-hydrogen) atoms. The molecule has 1 heterocycles. The molecule has 2 amide bonds. The number of hydrogen-bond donors (Lipinski definition) is 1. The first-order valence-corrected chi connectivity index (χ1v) is 9.70. The number of rotatable bonds is 7. The Morgan fingerprint density at radius 1 is 1.04 bits per heavy atom. The van der Waals surface area contributed by atoms with Crippen molar-refractivity contribution in [3.05, 3.63) is 63.8 Å². The summed E-state index contributed by atoms with van der Waals surface area (Å²) in [5, 5.41) is 3.17. The fourth-order valence-electron chi connectivity index (χ4n) is 2.95. The van der Waals surface area contributed by atoms with Gasteiger partial charge >= 0.3 is 0 Å². The summed E-state index contributed by atoms with van der Waals surface area (Å²) in [5.74, 6) is -0.629. The van der Waals surface area contributed by atoms with Crippen LogP contribution in [0.2, 0.25) is 5.02 Å². The summed E-state index contributed by atoms with van der Waals surface area (Å²) in [5.41, 5.74) is 2.07. The quantitative estimate of drug-likeness (QED) is 0.633. The van der Waals surface area contributed by atoms with E-state index in [2.05, 4.69) is 12.2 Å². The maximum atomic E-state index is 12.9. The highest BCUT2D eigenvalue weighted by atomic mass is 35.5. The van der Waals surface area contributed by atoms with E-state index in [9.17, 15) is 9.59 Å². The molecule has 0 atom stereocenters. The summed E-state index contributed by atoms with van der Waals surface area (Å²) in [6.07, 6.45) is 3.15. The molecule has 7 heteroatoms. The van der Waals surface area contributed by atoms with Crippen molar-refractivity contribution in [3.63, 3.8) is 0 Å². The minimum absolute atomic E-state index is 0.0118. The molecule has 5 nitrogen and oxygen atoms in total. The molecule has 0 spiro atoms. The standard InChI is InChI=1S/C21H20Cl2N2O3/c1-3-4-5-13-6-9-15(10-7-13)25-20(26)18(23)19(21(25)27)24-16-12-14(22)8-11-17(16)28-2/h6-12,24H,3-5H2,1-2H3. The van der Waals surface area contributed by atoms with Crippen molar-refractivity contribution >= 4 is 46.4 Å². The molecule has 0 aliphatic carbocycles. The first kappa shape index (κ1) is 20.2. The molecule has 146 valence electrons. The predicted octanol–water partition coefficient (Wildman–Crippen LogP) is 5.13. The Labute approximate surface area is 173 Å². The molecule has 0 unspecified atom stereocenters. The maximum Gasteiger partial charge on any atom is 0.283 e. The van der Waals surface area contributed by atoms with E-state index < -0.39 is 11.8 Å². The van der Waals surface area contributed by atoms with E-state index in [-0.39, 0.29) is 10.7 Å². The molecule has 0 fully saturated rings. The van der Waals surface area contributed by atoms with Crippen molar-refractivity contribution in [2.45, 2.75) is 26.2 Å². The largest absolute Gasteiger partial charge is 0.495 e. The van der Waals surface area contributed by atoms with Gasteiger partial charge in [-0.15, -0.1) is 0 Å². The van der Waals surface area contributed by atoms with Gasteiger partial charge in [0.2, 0.25) is 0 Å². The molecule has 0 bridgehead atoms. The van der Waals surface area contributed by atoms with Gasteiger partial charge < -0.3 is 10.1 Å². The lowest BCUT2D eigenvalue weighted by molar-refractivity contribution is -0.120. The van der Waals surface area contributed by atoms with Gasteiger partial charge in [-0.2, -0.15) is 0 Å². The van der Waals surface area contributed by atoms with Crippen LogP contribution in [-0.2, 0) is 16.0 Å². The van der Waals surface area contributed by atoms with Crippen molar-refractivity contribution in [1.29, 1.82) is 0 Å². The Morgan fingerprint density at radius 2 is 1.75 bits per heavy atom. The molecular formula is C21H20Cl2N2O3. The van der Waals surface area contributed by atoms with E-state index in [0.29, 0.717) is 22.1 Å². The van der Waals surface area contributed by atoms with Gasteiger partial charge in [-0.25, -0.2) is 4.90 Å². The molecule has 0 saturated carbocycles. The van der Waals surface area contributed by atoms with Crippen molar-refractivity contribution in [3.8, 4) is 5.75 Å². The van der Waals surface area contributed by atoms with Crippen LogP contribution in [0.15, 0.2) is 53.2 Å². The van der Waals surface area contributed by atoms with Crippen molar-refractivity contribution < 1.29 is 14.3 Å². The number of carbonyl (C=O) groups is 2. The van der Waals surface area contributed by atoms with Crippen LogP contribution < -0.4 is 15.0 Å². The van der Waals surface area contributed by atoms with Gasteiger partial charge in [0, 0.05) is 5.02 Å². The van der Waals surface area contributed by atoms with Crippen LogP contribution in [0.5, 0.6) is 5.75 Å². The average molecular weight is 419 g/mol. The fourth-order valence-corrected chi connectivity index (χ4v) is 3.34. The highest BCUT2D eigenvalue weighted by Gasteiger charge is 2.39. The van der Waals surface area contributed by atoms with Crippen LogP contribution in [0.1, 0.15) is 25.3 Å². The molecule has 2 aromatic rings. The number of methoxy groups -OCH3 is 1. The van der Waals surface area contributed by atoms with Gasteiger partial charge in [-0.05, 0) is 48.7 Å². The van der Waals surface area contributed by atoms with Gasteiger partial charge in [0.1, 0.15) is 16.5 Å². The third-order valence-electron chi connectivity index (χ3n) is 4.46. The number of nitrogens with one attached hydrogen (secondary N) is 1. The molecule has 2 aromatic carbocycles. The highest BCUT2D eigenvalue weighted by Crippen LogP contribution is 2.34. The number of aryl methyl sites for hydroxylation is 1. The van der Waals surface area contributed by atoms with Crippen molar-refractivity contribution in [2.75, 3.05) is 17.3 Å². The third-order valence-corrected chi connectivity index (χ3v) is 5.05. The van der Waals surface area contributed by atoms with E-state index in [4.69, 9.17) is 27.9 Å². The van der Waals surface area contributed by atoms with Gasteiger partial charge in [0.05, 0.1) is 18.5 Å². The van der Waals surface area contributed by atoms with Crippen molar-refractivity contribution in [1.82, 2.24) is 0 Å². The Hall–Kier alpha value is -2.50. The minimum atomic E-state index is -0.573. The van der Waals surface area contributed by atoms with E-state index in [1.54, 1.807) is 30.3 Å². The number of halogens is 2. The zero-order valence-electron chi connectivity index (χ0n) is 15.6. The summed E-state index contributed by atoms with van der Waals surface area (Å²) in [6, 6.07) is 12.3. The van der Waals surface area contributed by atoms with E-state index >= 15 is 0 Å². The Morgan fingerprint density at radius 3 is 2.39 bits per heavy atom. The summed E-state index contributed by atoms with van der Waals surface area (Å²) >= 11 is 12.2. The number of nitrogens with zero attached hydrogens (tertiary/aromatic N) is 1. The summed E-state index contributed by atoms with van der Waals surface area (Å²) in [6.45, 7) is 2.13. The Kier molecular flexibility index (Phi) is 6.27. The van der Waals surface area contributed by atoms with Crippen molar-refractivity contribution in [2.24, 2.45) is 0 Å². The lowest BCUT2D eigenvalue weighted by atomic mass is 10.1. The first-order chi connectivity index (χ1) is 13.5. The van der Waals surface area contributed by atoms with Gasteiger partial charge in [-0.1, -0.05) is 48.7 Å². The molecule has 0 aromatic heterocycles. The van der Waals surface area contributed by atoms with Crippen LogP contribution in [0.25, 0.3) is 0 Å². The van der Waals surface area contributed by atoms with E-state index in [1.165, 1.54) is 7.11 Å². The molecule has 0 saturated heterocycles. The summed E-state index contributed by atoms with van der Waals surface area (Å²) in [4.78, 5) is 26.6. The number of benzene rings is 2. The van der Waals surface area contributed by atoms with E-state index in [1.807, 2.05) is 12.1 Å². The third kappa shape index (κ3) is 4.01. The number of ether oxygens (including phenoxy) is 1. The van der Waals surface area contributed by atoms with Gasteiger partial charge in [0.15, 0.2) is 0 Å². The lowest BCUT2D eigenvalue weighted by Crippen LogP contribution is -2.32. The number of unbranched alkanes of at least 4 members (excludes halogenated alkanes) is 1. The zero-order valence-corrected chi connectivity index (χ0v) is 17.1. The molecule has 1 aliphatic rings. The molecule has 1 aliphatic heterocycles. The Balaban J connectivity index is 1.85. The SMILES string of the molecule is CCCCc1ccc(N2C(=O)C(Cl)=C(Nc3cc(Cl)ccc3OC)C2=O)cc1. The fraction of sp³-hybridized carbons (Fsp3) is 0.238. The second-order valence-corrected chi connectivity index (χ2v) is 7.19. The first-order valence-electron chi connectivity index (χ1n) is 8.94. The second kappa shape index (κ2) is 8.67. The van der Waals surface area contributed by atoms with Gasteiger partial charge in [-0.3, -0.25) is 9.59 Å². The highest BCUT2D eigenvalue weighted by molar-refractivity contribution is 6.53. The predicted molar refractivity (Wildman–Crippen MR) is 112 cm³/mol. The number of amides is 2. The smallest absolute Gasteiger partial charge is 0.283 e. The lowest BCUT2D eigenvalue weighted by Gasteiger charge is -2.16. The second-order valence-electron chi connectivity index (χ2n) is 6.37. The van der Waals surface area contributed by atoms with E-state index in [0.717, 1.165) is 29.7 Å². The van der Waals surface area contributed by atoms with Crippen LogP contribution in [-0.4, -0.2) is 18.9 Å². The number of carbonyl (C=O) groups excluding carboxylic acids is 2. The summed E-state index contributed by atoms with van der Waals surface area (Å²) < 4.78 is 5.27. The normalized spacial score (nSPS) is 14.1. The Bertz CT molecular complexity index is 939. The molecule has 3 rings (SSSR count). The topological polar surface area (TPSA) is 58.6 Å². The molecule has 0 radical (unpaired) electrons. The summed E-state index contributed by atoms with van der Waals surface area (Å²) in [7, 11) is 1.50. The maximum absolute atomic E-state index is 12.9. The number of imide groups is 1. The molecule has 1 N–H and O–H groups in total. The van der Waals surface area contributed by atoms with Crippen LogP contribution >= 0.6 is 23.2 Å². The van der Waals surface area contributed by atoms with Crippen LogP contribution in [0.4, 0.5) is 11.4 Å².